The van der Waals surface area contributed by atoms with Crippen molar-refractivity contribution in [1.82, 2.24) is 14.8 Å². The summed E-state index contributed by atoms with van der Waals surface area (Å²) < 4.78 is 7.04. The highest BCUT2D eigenvalue weighted by Gasteiger charge is 2.16. The van der Waals surface area contributed by atoms with Gasteiger partial charge < -0.3 is 15.0 Å². The number of benzene rings is 1. The number of hydrogen-bond acceptors (Lipinski definition) is 5. The van der Waals surface area contributed by atoms with E-state index in [9.17, 15) is 4.79 Å². The molecule has 1 saturated heterocycles. The number of nitrogens with one attached hydrogen (secondary N) is 1. The quantitative estimate of drug-likeness (QED) is 0.666. The van der Waals surface area contributed by atoms with E-state index < -0.39 is 0 Å². The number of aromatic nitrogens is 3. The third-order valence-electron chi connectivity index (χ3n) is 4.66. The fraction of sp³-hybridized carbons (Fsp3) is 0.250. The average Bonchev–Trinajstić information content (AvgIpc) is 3.18. The molecule has 9 heteroatoms. The zero-order chi connectivity index (χ0) is 20.2. The fourth-order valence-corrected chi connectivity index (χ4v) is 3.52. The van der Waals surface area contributed by atoms with Gasteiger partial charge in [-0.3, -0.25) is 9.78 Å². The number of morpholine rings is 1. The molecule has 0 saturated carbocycles. The molecule has 0 atom stereocenters. The van der Waals surface area contributed by atoms with E-state index in [1.54, 1.807) is 35.3 Å². The second kappa shape index (κ2) is 8.82. The molecule has 1 aliphatic heterocycles. The van der Waals surface area contributed by atoms with E-state index in [0.717, 1.165) is 24.3 Å². The largest absolute Gasteiger partial charge is 0.378 e. The minimum Gasteiger partial charge on any atom is -0.378 e. The van der Waals surface area contributed by atoms with Crippen LogP contribution in [-0.2, 0) is 11.3 Å². The highest BCUT2D eigenvalue weighted by atomic mass is 35.5. The number of nitrogens with zero attached hydrogens (tertiary/aromatic N) is 4. The summed E-state index contributed by atoms with van der Waals surface area (Å²) in [4.78, 5) is 19.2. The first kappa shape index (κ1) is 19.7. The van der Waals surface area contributed by atoms with E-state index in [2.05, 4.69) is 20.3 Å². The van der Waals surface area contributed by atoms with Crippen molar-refractivity contribution < 1.29 is 9.53 Å². The van der Waals surface area contributed by atoms with Crippen LogP contribution in [0.5, 0.6) is 0 Å². The van der Waals surface area contributed by atoms with Crippen molar-refractivity contribution in [1.29, 1.82) is 0 Å². The molecular weight excluding hydrogens is 413 g/mol. The minimum atomic E-state index is -0.306. The maximum absolute atomic E-state index is 12.8. The van der Waals surface area contributed by atoms with E-state index in [-0.39, 0.29) is 5.91 Å². The van der Waals surface area contributed by atoms with Crippen LogP contribution in [-0.4, -0.2) is 47.0 Å². The Bertz CT molecular complexity index is 1020. The number of ether oxygens (including phenoxy) is 1. The van der Waals surface area contributed by atoms with Crippen LogP contribution in [0.4, 0.5) is 11.5 Å². The number of halogens is 2. The van der Waals surface area contributed by atoms with Gasteiger partial charge in [0.15, 0.2) is 0 Å². The summed E-state index contributed by atoms with van der Waals surface area (Å²) in [6, 6.07) is 10.8. The van der Waals surface area contributed by atoms with Crippen molar-refractivity contribution in [2.45, 2.75) is 6.54 Å². The topological polar surface area (TPSA) is 72.3 Å². The molecule has 2 aromatic heterocycles. The van der Waals surface area contributed by atoms with E-state index in [1.165, 1.54) is 0 Å². The van der Waals surface area contributed by atoms with Crippen LogP contribution in [0.25, 0.3) is 0 Å². The first-order valence-electron chi connectivity index (χ1n) is 9.16. The molecule has 150 valence electrons. The van der Waals surface area contributed by atoms with E-state index in [4.69, 9.17) is 27.9 Å². The molecule has 3 heterocycles. The molecule has 7 nitrogen and oxygen atoms in total. The molecule has 4 rings (SSSR count). The van der Waals surface area contributed by atoms with Gasteiger partial charge in [-0.25, -0.2) is 4.68 Å². The Balaban J connectivity index is 1.50. The lowest BCUT2D eigenvalue weighted by atomic mass is 10.2. The van der Waals surface area contributed by atoms with Crippen molar-refractivity contribution in [3.8, 4) is 0 Å². The molecule has 0 unspecified atom stereocenters. The molecule has 0 radical (unpaired) electrons. The Hall–Kier alpha value is -2.61. The van der Waals surface area contributed by atoms with Gasteiger partial charge in [0.1, 0.15) is 11.5 Å². The molecule has 0 bridgehead atoms. The SMILES string of the molecule is O=C(Nc1ccnn1Cc1cccc(Cl)c1Cl)c1cc(N2CCOCC2)ccn1. The smallest absolute Gasteiger partial charge is 0.275 e. The highest BCUT2D eigenvalue weighted by Crippen LogP contribution is 2.26. The van der Waals surface area contributed by atoms with Crippen LogP contribution in [0.1, 0.15) is 16.1 Å². The van der Waals surface area contributed by atoms with Crippen molar-refractivity contribution in [2.75, 3.05) is 36.5 Å². The summed E-state index contributed by atoms with van der Waals surface area (Å²) in [6.07, 6.45) is 3.26. The Morgan fingerprint density at radius 3 is 2.79 bits per heavy atom. The molecule has 1 amide bonds. The lowest BCUT2D eigenvalue weighted by molar-refractivity contribution is 0.102. The van der Waals surface area contributed by atoms with Gasteiger partial charge in [-0.15, -0.1) is 0 Å². The molecule has 3 aromatic rings. The average molecular weight is 432 g/mol. The normalized spacial score (nSPS) is 14.1. The Kier molecular flexibility index (Phi) is 5.99. The predicted molar refractivity (Wildman–Crippen MR) is 113 cm³/mol. The summed E-state index contributed by atoms with van der Waals surface area (Å²) in [6.45, 7) is 3.31. The lowest BCUT2D eigenvalue weighted by Gasteiger charge is -2.28. The first-order chi connectivity index (χ1) is 14.1. The number of anilines is 2. The van der Waals surface area contributed by atoms with Crippen LogP contribution >= 0.6 is 23.2 Å². The fourth-order valence-electron chi connectivity index (χ4n) is 3.14. The summed E-state index contributed by atoms with van der Waals surface area (Å²) in [5.74, 6) is 0.240. The van der Waals surface area contributed by atoms with Crippen molar-refractivity contribution in [3.05, 3.63) is 70.1 Å². The zero-order valence-electron chi connectivity index (χ0n) is 15.5. The van der Waals surface area contributed by atoms with Crippen LogP contribution < -0.4 is 10.2 Å². The Morgan fingerprint density at radius 1 is 1.14 bits per heavy atom. The van der Waals surface area contributed by atoms with Crippen molar-refractivity contribution in [3.63, 3.8) is 0 Å². The highest BCUT2D eigenvalue weighted by molar-refractivity contribution is 6.42. The van der Waals surface area contributed by atoms with Crippen LogP contribution in [0, 0.1) is 0 Å². The van der Waals surface area contributed by atoms with Crippen LogP contribution in [0.2, 0.25) is 10.0 Å². The number of carbonyl (C=O) groups is 1. The predicted octanol–water partition coefficient (Wildman–Crippen LogP) is 3.72. The second-order valence-electron chi connectivity index (χ2n) is 6.54. The molecule has 1 fully saturated rings. The van der Waals surface area contributed by atoms with Gasteiger partial charge in [0.25, 0.3) is 5.91 Å². The molecule has 0 aliphatic carbocycles. The van der Waals surface area contributed by atoms with E-state index in [1.807, 2.05) is 18.2 Å². The van der Waals surface area contributed by atoms with Gasteiger partial charge in [-0.05, 0) is 23.8 Å². The van der Waals surface area contributed by atoms with Crippen LogP contribution in [0.3, 0.4) is 0 Å². The van der Waals surface area contributed by atoms with Gasteiger partial charge in [0.05, 0.1) is 36.0 Å². The summed E-state index contributed by atoms with van der Waals surface area (Å²) >= 11 is 12.4. The number of amides is 1. The number of hydrogen-bond donors (Lipinski definition) is 1. The standard InChI is InChI=1S/C20H19Cl2N5O2/c21-16-3-1-2-14(19(16)22)13-27-18(5-7-24-27)25-20(28)17-12-15(4-6-23-17)26-8-10-29-11-9-26/h1-7,12H,8-11,13H2,(H,25,28). The Labute approximate surface area is 178 Å². The molecule has 29 heavy (non-hydrogen) atoms. The maximum atomic E-state index is 12.8. The van der Waals surface area contributed by atoms with Gasteiger partial charge in [0, 0.05) is 31.0 Å². The minimum absolute atomic E-state index is 0.306. The van der Waals surface area contributed by atoms with Crippen molar-refractivity contribution in [2.24, 2.45) is 0 Å². The molecular formula is C20H19Cl2N5O2. The first-order valence-corrected chi connectivity index (χ1v) is 9.92. The monoisotopic (exact) mass is 431 g/mol. The second-order valence-corrected chi connectivity index (χ2v) is 7.33. The van der Waals surface area contributed by atoms with Gasteiger partial charge >= 0.3 is 0 Å². The third-order valence-corrected chi connectivity index (χ3v) is 5.52. The summed E-state index contributed by atoms with van der Waals surface area (Å²) in [5.41, 5.74) is 2.10. The Morgan fingerprint density at radius 2 is 1.97 bits per heavy atom. The van der Waals surface area contributed by atoms with Gasteiger partial charge in [0.2, 0.25) is 0 Å². The number of pyridine rings is 1. The molecule has 1 N–H and O–H groups in total. The van der Waals surface area contributed by atoms with E-state index >= 15 is 0 Å². The van der Waals surface area contributed by atoms with Gasteiger partial charge in [-0.2, -0.15) is 5.10 Å². The molecule has 1 aliphatic rings. The number of rotatable bonds is 5. The van der Waals surface area contributed by atoms with Crippen LogP contribution in [0.15, 0.2) is 48.8 Å². The summed E-state index contributed by atoms with van der Waals surface area (Å²) in [5, 5.41) is 8.10. The zero-order valence-corrected chi connectivity index (χ0v) is 17.0. The molecule has 0 spiro atoms. The maximum Gasteiger partial charge on any atom is 0.275 e. The third kappa shape index (κ3) is 4.53. The summed E-state index contributed by atoms with van der Waals surface area (Å²) in [7, 11) is 0. The molecule has 1 aromatic carbocycles. The van der Waals surface area contributed by atoms with Gasteiger partial charge in [-0.1, -0.05) is 35.3 Å². The number of carbonyl (C=O) groups excluding carboxylic acids is 1. The lowest BCUT2D eigenvalue weighted by Crippen LogP contribution is -2.36. The van der Waals surface area contributed by atoms with E-state index in [0.29, 0.717) is 41.3 Å². The van der Waals surface area contributed by atoms with Crippen molar-refractivity contribution >= 4 is 40.6 Å².